The maximum atomic E-state index is 10.4. The van der Waals surface area contributed by atoms with Gasteiger partial charge in [-0.3, -0.25) is 0 Å². The van der Waals surface area contributed by atoms with Crippen molar-refractivity contribution in [3.63, 3.8) is 0 Å². The van der Waals surface area contributed by atoms with Crippen LogP contribution in [-0.2, 0) is 4.79 Å². The summed E-state index contributed by atoms with van der Waals surface area (Å²) in [4.78, 5) is 11.6. The molecule has 0 unspecified atom stereocenters. The molecule has 0 aliphatic heterocycles. The van der Waals surface area contributed by atoms with Crippen LogP contribution in [0.4, 0.5) is 5.69 Å². The van der Waals surface area contributed by atoms with Gasteiger partial charge in [0.15, 0.2) is 5.69 Å². The zero-order chi connectivity index (χ0) is 17.6. The number of nitrogens with zero attached hydrogens (tertiary/aromatic N) is 3. The second kappa shape index (κ2) is 7.69. The van der Waals surface area contributed by atoms with Crippen molar-refractivity contribution < 1.29 is 4.79 Å². The maximum Gasteiger partial charge on any atom is 0.163 e. The number of aromatic nitrogens is 2. The molecule has 0 radical (unpaired) electrons. The fraction of sp³-hybridized carbons (Fsp3) is 0.105. The molecule has 0 fully saturated rings. The Balaban J connectivity index is 1.99. The van der Waals surface area contributed by atoms with Gasteiger partial charge >= 0.3 is 0 Å². The first kappa shape index (κ1) is 16.8. The number of carbonyl (C=O) groups is 1. The number of nitrogens with one attached hydrogen (secondary N) is 1. The van der Waals surface area contributed by atoms with E-state index in [4.69, 9.17) is 0 Å². The second-order valence-electron chi connectivity index (χ2n) is 5.26. The molecule has 0 aliphatic rings. The number of anilines is 1. The van der Waals surface area contributed by atoms with Gasteiger partial charge in [0.1, 0.15) is 12.4 Å². The van der Waals surface area contributed by atoms with Crippen molar-refractivity contribution >= 4 is 23.7 Å². The normalized spacial score (nSPS) is 10.2. The Morgan fingerprint density at radius 1 is 1.20 bits per heavy atom. The molecule has 0 atom stereocenters. The summed E-state index contributed by atoms with van der Waals surface area (Å²) in [7, 11) is 0. The number of carbonyl (C=O) groups excluding carboxylic acids is 1. The number of thioether (sulfide) groups is 1. The zero-order valence-electron chi connectivity index (χ0n) is 13.6. The number of hydrogen-bond donors (Lipinski definition) is 1. The summed E-state index contributed by atoms with van der Waals surface area (Å²) in [5.74, 6) is 0. The number of benzene rings is 2. The van der Waals surface area contributed by atoms with E-state index in [0.717, 1.165) is 28.9 Å². The van der Waals surface area contributed by atoms with Gasteiger partial charge in [-0.2, -0.15) is 10.4 Å². The summed E-state index contributed by atoms with van der Waals surface area (Å²) >= 11 is 1.68. The summed E-state index contributed by atoms with van der Waals surface area (Å²) < 4.78 is 1.76. The summed E-state index contributed by atoms with van der Waals surface area (Å²) in [6.07, 6.45) is 2.85. The van der Waals surface area contributed by atoms with Crippen molar-refractivity contribution in [3.05, 3.63) is 60.3 Å². The van der Waals surface area contributed by atoms with E-state index in [-0.39, 0.29) is 6.54 Å². The molecule has 0 aliphatic carbocycles. The van der Waals surface area contributed by atoms with Crippen molar-refractivity contribution in [2.45, 2.75) is 4.90 Å². The third-order valence-electron chi connectivity index (χ3n) is 3.71. The van der Waals surface area contributed by atoms with Crippen LogP contribution in [0.15, 0.2) is 59.5 Å². The molecule has 0 saturated heterocycles. The molecule has 1 N–H and O–H groups in total. The molecule has 1 aromatic heterocycles. The van der Waals surface area contributed by atoms with Crippen LogP contribution < -0.4 is 5.32 Å². The minimum Gasteiger partial charge on any atom is -0.378 e. The maximum absolute atomic E-state index is 10.4. The average molecular weight is 348 g/mol. The van der Waals surface area contributed by atoms with Gasteiger partial charge in [-0.25, -0.2) is 4.68 Å². The Morgan fingerprint density at radius 2 is 1.92 bits per heavy atom. The van der Waals surface area contributed by atoms with E-state index in [1.807, 2.05) is 42.7 Å². The lowest BCUT2D eigenvalue weighted by Crippen LogP contribution is -2.03. The smallest absolute Gasteiger partial charge is 0.163 e. The Bertz CT molecular complexity index is 908. The molecule has 0 saturated carbocycles. The molecular formula is C19H16N4OS. The van der Waals surface area contributed by atoms with Crippen molar-refractivity contribution in [3.8, 4) is 23.0 Å². The van der Waals surface area contributed by atoms with Gasteiger partial charge in [-0.15, -0.1) is 11.8 Å². The third kappa shape index (κ3) is 3.73. The van der Waals surface area contributed by atoms with Gasteiger partial charge in [0.05, 0.1) is 17.9 Å². The van der Waals surface area contributed by atoms with E-state index in [0.29, 0.717) is 5.69 Å². The fourth-order valence-corrected chi connectivity index (χ4v) is 2.89. The Hall–Kier alpha value is -3.04. The molecule has 1 heterocycles. The lowest BCUT2D eigenvalue weighted by Gasteiger charge is -2.09. The first-order valence-electron chi connectivity index (χ1n) is 7.67. The molecule has 6 heteroatoms. The van der Waals surface area contributed by atoms with Crippen LogP contribution in [-0.4, -0.2) is 28.9 Å². The number of rotatable bonds is 6. The van der Waals surface area contributed by atoms with E-state index in [9.17, 15) is 10.1 Å². The minimum absolute atomic E-state index is 0.271. The summed E-state index contributed by atoms with van der Waals surface area (Å²) in [5, 5.41) is 16.6. The van der Waals surface area contributed by atoms with Crippen LogP contribution in [0.5, 0.6) is 0 Å². The van der Waals surface area contributed by atoms with Gasteiger partial charge in [0.2, 0.25) is 0 Å². The molecule has 0 bridgehead atoms. The predicted octanol–water partition coefficient (Wildman–Crippen LogP) is 3.74. The van der Waals surface area contributed by atoms with Gasteiger partial charge in [0, 0.05) is 22.2 Å². The molecule has 0 spiro atoms. The molecular weight excluding hydrogens is 332 g/mol. The first-order valence-corrected chi connectivity index (χ1v) is 8.90. The van der Waals surface area contributed by atoms with Crippen LogP contribution in [0, 0.1) is 11.3 Å². The fourth-order valence-electron chi connectivity index (χ4n) is 2.48. The van der Waals surface area contributed by atoms with Crippen molar-refractivity contribution in [1.29, 1.82) is 5.26 Å². The summed E-state index contributed by atoms with van der Waals surface area (Å²) in [5.41, 5.74) is 3.93. The van der Waals surface area contributed by atoms with Gasteiger partial charge < -0.3 is 10.1 Å². The number of aldehydes is 1. The van der Waals surface area contributed by atoms with E-state index in [1.54, 1.807) is 22.5 Å². The molecule has 0 amide bonds. The van der Waals surface area contributed by atoms with Crippen molar-refractivity contribution in [2.24, 2.45) is 0 Å². The summed E-state index contributed by atoms with van der Waals surface area (Å²) in [6, 6.07) is 19.6. The second-order valence-corrected chi connectivity index (χ2v) is 6.14. The lowest BCUT2D eigenvalue weighted by molar-refractivity contribution is -0.106. The van der Waals surface area contributed by atoms with E-state index in [2.05, 4.69) is 28.6 Å². The highest BCUT2D eigenvalue weighted by molar-refractivity contribution is 7.98. The van der Waals surface area contributed by atoms with E-state index >= 15 is 0 Å². The molecule has 3 rings (SSSR count). The van der Waals surface area contributed by atoms with E-state index < -0.39 is 0 Å². The Kier molecular flexibility index (Phi) is 5.17. The SMILES string of the molecule is CSc1ccc(-c2cc(C#N)nn2-c2ccc(NCC=O)cc2)cc1. The number of nitriles is 1. The molecule has 5 nitrogen and oxygen atoms in total. The summed E-state index contributed by atoms with van der Waals surface area (Å²) in [6.45, 7) is 0.271. The molecule has 124 valence electrons. The van der Waals surface area contributed by atoms with E-state index in [1.165, 1.54) is 4.90 Å². The average Bonchev–Trinajstić information content (AvgIpc) is 3.11. The molecule has 2 aromatic carbocycles. The highest BCUT2D eigenvalue weighted by atomic mass is 32.2. The molecule has 25 heavy (non-hydrogen) atoms. The first-order chi connectivity index (χ1) is 12.2. The molecule has 3 aromatic rings. The van der Waals surface area contributed by atoms with Crippen LogP contribution >= 0.6 is 11.8 Å². The van der Waals surface area contributed by atoms with Crippen molar-refractivity contribution in [1.82, 2.24) is 9.78 Å². The van der Waals surface area contributed by atoms with Gasteiger partial charge in [0.25, 0.3) is 0 Å². The van der Waals surface area contributed by atoms with Crippen molar-refractivity contribution in [2.75, 3.05) is 18.1 Å². The largest absolute Gasteiger partial charge is 0.378 e. The monoisotopic (exact) mass is 348 g/mol. The van der Waals surface area contributed by atoms with Crippen LogP contribution in [0.25, 0.3) is 16.9 Å². The highest BCUT2D eigenvalue weighted by Gasteiger charge is 2.11. The lowest BCUT2D eigenvalue weighted by atomic mass is 10.1. The standard InChI is InChI=1S/C19H16N4OS/c1-25-18-8-2-14(3-9-18)19-12-16(13-20)22-23(19)17-6-4-15(5-7-17)21-10-11-24/h2-9,11-12,21H,10H2,1H3. The zero-order valence-corrected chi connectivity index (χ0v) is 14.5. The predicted molar refractivity (Wildman–Crippen MR) is 100 cm³/mol. The van der Waals surface area contributed by atoms with Crippen LogP contribution in [0.3, 0.4) is 0 Å². The van der Waals surface area contributed by atoms with Crippen LogP contribution in [0.2, 0.25) is 0 Å². The van der Waals surface area contributed by atoms with Crippen LogP contribution in [0.1, 0.15) is 5.69 Å². The quantitative estimate of drug-likeness (QED) is 0.543. The Morgan fingerprint density at radius 3 is 2.52 bits per heavy atom. The Labute approximate surface area is 150 Å². The number of hydrogen-bond acceptors (Lipinski definition) is 5. The van der Waals surface area contributed by atoms with Gasteiger partial charge in [-0.1, -0.05) is 12.1 Å². The minimum atomic E-state index is 0.271. The van der Waals surface area contributed by atoms with Gasteiger partial charge in [-0.05, 0) is 42.7 Å². The highest BCUT2D eigenvalue weighted by Crippen LogP contribution is 2.26. The topological polar surface area (TPSA) is 70.7 Å². The third-order valence-corrected chi connectivity index (χ3v) is 4.45.